The number of halogens is 1. The van der Waals surface area contributed by atoms with Crippen LogP contribution in [0.5, 0.6) is 11.5 Å². The van der Waals surface area contributed by atoms with E-state index in [0.29, 0.717) is 21.4 Å². The molecule has 1 aliphatic rings. The fourth-order valence-electron chi connectivity index (χ4n) is 3.96. The van der Waals surface area contributed by atoms with Gasteiger partial charge in [0.15, 0.2) is 11.5 Å². The molecule has 1 saturated heterocycles. The number of thioether (sulfide) groups is 1. The molecule has 0 radical (unpaired) electrons. The van der Waals surface area contributed by atoms with Crippen molar-refractivity contribution in [1.82, 2.24) is 9.47 Å². The van der Waals surface area contributed by atoms with Crippen molar-refractivity contribution in [3.63, 3.8) is 0 Å². The molecule has 8 heteroatoms. The summed E-state index contributed by atoms with van der Waals surface area (Å²) in [6.45, 7) is 6.31. The average molecular weight is 497 g/mol. The topological polar surface area (TPSA) is 60.8 Å². The van der Waals surface area contributed by atoms with Crippen molar-refractivity contribution in [1.29, 1.82) is 0 Å². The molecule has 4 rings (SSSR count). The quantitative estimate of drug-likeness (QED) is 0.365. The fraction of sp³-hybridized carbons (Fsp3) is 0.231. The van der Waals surface area contributed by atoms with E-state index in [1.54, 1.807) is 25.3 Å². The van der Waals surface area contributed by atoms with Crippen LogP contribution < -0.4 is 9.47 Å². The molecule has 0 bridgehead atoms. The van der Waals surface area contributed by atoms with Gasteiger partial charge in [0.25, 0.3) is 11.1 Å². The maximum Gasteiger partial charge on any atom is 0.293 e. The number of hydrogen-bond acceptors (Lipinski definition) is 5. The molecule has 1 aliphatic heterocycles. The molecule has 1 aromatic heterocycles. The maximum atomic E-state index is 13.0. The van der Waals surface area contributed by atoms with Gasteiger partial charge < -0.3 is 14.0 Å². The lowest BCUT2D eigenvalue weighted by Gasteiger charge is -2.14. The number of aromatic nitrogens is 1. The van der Waals surface area contributed by atoms with Gasteiger partial charge in [-0.15, -0.1) is 0 Å². The van der Waals surface area contributed by atoms with Gasteiger partial charge in [0.05, 0.1) is 18.6 Å². The fourth-order valence-corrected chi connectivity index (χ4v) is 4.99. The monoisotopic (exact) mass is 496 g/mol. The normalized spacial score (nSPS) is 14.9. The van der Waals surface area contributed by atoms with Crippen molar-refractivity contribution >= 4 is 40.6 Å². The molecule has 176 valence electrons. The summed E-state index contributed by atoms with van der Waals surface area (Å²) < 4.78 is 13.1. The van der Waals surface area contributed by atoms with Crippen LogP contribution >= 0.6 is 23.4 Å². The summed E-state index contributed by atoms with van der Waals surface area (Å²) in [5.41, 5.74) is 4.83. The summed E-state index contributed by atoms with van der Waals surface area (Å²) in [5, 5.41) is 0.391. The van der Waals surface area contributed by atoms with Crippen LogP contribution in [0, 0.1) is 20.8 Å². The minimum atomic E-state index is -0.317. The Labute approximate surface area is 208 Å². The molecule has 2 aromatic carbocycles. The van der Waals surface area contributed by atoms with Crippen LogP contribution in [0.25, 0.3) is 11.8 Å². The molecule has 34 heavy (non-hydrogen) atoms. The van der Waals surface area contributed by atoms with E-state index in [0.717, 1.165) is 40.0 Å². The number of para-hydroxylation sites is 2. The number of carbonyl (C=O) groups is 2. The molecule has 0 saturated carbocycles. The van der Waals surface area contributed by atoms with E-state index in [9.17, 15) is 9.59 Å². The van der Waals surface area contributed by atoms with Crippen LogP contribution in [0.2, 0.25) is 5.02 Å². The molecule has 6 nitrogen and oxygen atoms in total. The van der Waals surface area contributed by atoms with Crippen LogP contribution in [0.1, 0.15) is 22.5 Å². The van der Waals surface area contributed by atoms with Crippen molar-refractivity contribution in [3.8, 4) is 17.2 Å². The molecule has 2 amide bonds. The molecule has 0 N–H and O–H groups in total. The largest absolute Gasteiger partial charge is 0.493 e. The Hall–Kier alpha value is -3.16. The molecular formula is C26H25ClN2O4S. The van der Waals surface area contributed by atoms with Gasteiger partial charge in [-0.2, -0.15) is 0 Å². The predicted octanol–water partition coefficient (Wildman–Crippen LogP) is 6.18. The van der Waals surface area contributed by atoms with Crippen LogP contribution in [-0.2, 0) is 4.79 Å². The van der Waals surface area contributed by atoms with E-state index < -0.39 is 0 Å². The second kappa shape index (κ2) is 9.99. The number of nitrogens with zero attached hydrogens (tertiary/aromatic N) is 2. The maximum absolute atomic E-state index is 13.0. The van der Waals surface area contributed by atoms with Gasteiger partial charge in [-0.1, -0.05) is 29.8 Å². The van der Waals surface area contributed by atoms with E-state index in [4.69, 9.17) is 21.1 Å². The summed E-state index contributed by atoms with van der Waals surface area (Å²) in [4.78, 5) is 27.1. The van der Waals surface area contributed by atoms with Crippen molar-refractivity contribution in [2.75, 3.05) is 20.3 Å². The third kappa shape index (κ3) is 4.58. The van der Waals surface area contributed by atoms with E-state index in [-0.39, 0.29) is 24.3 Å². The lowest BCUT2D eigenvalue weighted by atomic mass is 10.2. The molecule has 2 heterocycles. The van der Waals surface area contributed by atoms with Crippen LogP contribution in [0.15, 0.2) is 53.4 Å². The number of hydrogen-bond donors (Lipinski definition) is 0. The highest BCUT2D eigenvalue weighted by Crippen LogP contribution is 2.34. The number of aryl methyl sites for hydroxylation is 1. The zero-order valence-electron chi connectivity index (χ0n) is 19.4. The van der Waals surface area contributed by atoms with Gasteiger partial charge >= 0.3 is 0 Å². The van der Waals surface area contributed by atoms with E-state index >= 15 is 0 Å². The summed E-state index contributed by atoms with van der Waals surface area (Å²) in [5.74, 6) is 0.848. The molecule has 1 fully saturated rings. The summed E-state index contributed by atoms with van der Waals surface area (Å²) in [7, 11) is 1.56. The minimum Gasteiger partial charge on any atom is -0.493 e. The lowest BCUT2D eigenvalue weighted by molar-refractivity contribution is -0.123. The molecule has 0 aliphatic carbocycles. The Morgan fingerprint density at radius 2 is 1.76 bits per heavy atom. The average Bonchev–Trinajstić information content (AvgIpc) is 3.25. The number of imide groups is 1. The molecule has 3 aromatic rings. The second-order valence-corrected chi connectivity index (χ2v) is 9.28. The van der Waals surface area contributed by atoms with Gasteiger partial charge in [0.2, 0.25) is 0 Å². The van der Waals surface area contributed by atoms with Gasteiger partial charge in [0.1, 0.15) is 6.61 Å². The first-order valence-electron chi connectivity index (χ1n) is 10.8. The first-order chi connectivity index (χ1) is 16.3. The minimum absolute atomic E-state index is 0.154. The van der Waals surface area contributed by atoms with Gasteiger partial charge in [0, 0.05) is 22.1 Å². The van der Waals surface area contributed by atoms with Crippen molar-refractivity contribution in [2.45, 2.75) is 20.8 Å². The third-order valence-corrected chi connectivity index (χ3v) is 7.07. The van der Waals surface area contributed by atoms with E-state index in [2.05, 4.69) is 4.57 Å². The number of amides is 2. The molecule has 0 unspecified atom stereocenters. The first-order valence-corrected chi connectivity index (χ1v) is 12.0. The van der Waals surface area contributed by atoms with Gasteiger partial charge in [-0.25, -0.2) is 0 Å². The second-order valence-electron chi connectivity index (χ2n) is 7.88. The van der Waals surface area contributed by atoms with Crippen molar-refractivity contribution < 1.29 is 19.1 Å². The lowest BCUT2D eigenvalue weighted by Crippen LogP contribution is -2.32. The highest BCUT2D eigenvalue weighted by Gasteiger charge is 2.35. The zero-order valence-corrected chi connectivity index (χ0v) is 21.0. The zero-order chi connectivity index (χ0) is 24.4. The van der Waals surface area contributed by atoms with Crippen LogP contribution in [-0.4, -0.2) is 40.9 Å². The standard InChI is InChI=1S/C26H25ClN2O4S/c1-16-14-19(18(3)29(16)21-9-7-8-20(27)17(21)2)15-24-25(30)28(26(31)34-24)12-13-33-23-11-6-5-10-22(23)32-4/h5-11,14-15H,12-13H2,1-4H3/b24-15-. The number of rotatable bonds is 7. The summed E-state index contributed by atoms with van der Waals surface area (Å²) >= 11 is 7.27. The SMILES string of the molecule is COc1ccccc1OCCN1C(=O)S/C(=C\c2cc(C)n(-c3cccc(Cl)c3C)c2C)C1=O. The number of methoxy groups -OCH3 is 1. The van der Waals surface area contributed by atoms with Crippen LogP contribution in [0.3, 0.4) is 0 Å². The Bertz CT molecular complexity index is 1300. The summed E-state index contributed by atoms with van der Waals surface area (Å²) in [6.07, 6.45) is 1.78. The summed E-state index contributed by atoms with van der Waals surface area (Å²) in [6, 6.07) is 15.1. The number of benzene rings is 2. The predicted molar refractivity (Wildman–Crippen MR) is 136 cm³/mol. The first kappa shape index (κ1) is 24.0. The Balaban J connectivity index is 1.52. The Kier molecular flexibility index (Phi) is 7.05. The van der Waals surface area contributed by atoms with E-state index in [1.807, 2.05) is 57.2 Å². The molecular weight excluding hydrogens is 472 g/mol. The Morgan fingerprint density at radius 3 is 2.50 bits per heavy atom. The number of carbonyl (C=O) groups excluding carboxylic acids is 2. The van der Waals surface area contributed by atoms with Crippen molar-refractivity contribution in [3.05, 3.63) is 81.0 Å². The molecule has 0 atom stereocenters. The molecule has 0 spiro atoms. The third-order valence-electron chi connectivity index (χ3n) is 5.75. The highest BCUT2D eigenvalue weighted by atomic mass is 35.5. The Morgan fingerprint density at radius 1 is 1.03 bits per heavy atom. The van der Waals surface area contributed by atoms with Crippen molar-refractivity contribution in [2.24, 2.45) is 0 Å². The van der Waals surface area contributed by atoms with Gasteiger partial charge in [-0.05, 0) is 80.1 Å². The smallest absolute Gasteiger partial charge is 0.293 e. The van der Waals surface area contributed by atoms with Crippen LogP contribution in [0.4, 0.5) is 4.79 Å². The van der Waals surface area contributed by atoms with Gasteiger partial charge in [-0.3, -0.25) is 14.5 Å². The number of ether oxygens (including phenoxy) is 2. The van der Waals surface area contributed by atoms with E-state index in [1.165, 1.54) is 4.90 Å². The highest BCUT2D eigenvalue weighted by molar-refractivity contribution is 8.18.